The second-order valence-corrected chi connectivity index (χ2v) is 6.68. The minimum absolute atomic E-state index is 0.0246. The number of aliphatic carboxylic acids is 1. The van der Waals surface area contributed by atoms with Crippen LogP contribution in [0.2, 0.25) is 0 Å². The number of hydrogen-bond acceptors (Lipinski definition) is 4. The fourth-order valence-corrected chi connectivity index (χ4v) is 3.10. The maximum atomic E-state index is 12.7. The van der Waals surface area contributed by atoms with Crippen LogP contribution in [0.15, 0.2) is 28.8 Å². The van der Waals surface area contributed by atoms with Gasteiger partial charge in [-0.05, 0) is 37.5 Å². The van der Waals surface area contributed by atoms with Gasteiger partial charge in [0.1, 0.15) is 12.3 Å². The number of alkyl halides is 3. The molecule has 1 unspecified atom stereocenters. The summed E-state index contributed by atoms with van der Waals surface area (Å²) in [5, 5.41) is 12.9. The molecule has 1 atom stereocenters. The van der Waals surface area contributed by atoms with Gasteiger partial charge in [-0.25, -0.2) is 0 Å². The fraction of sp³-hybridized carbons (Fsp3) is 0.421. The number of carbonyl (C=O) groups excluding carboxylic acids is 1. The minimum atomic E-state index is -4.46. The van der Waals surface area contributed by atoms with Crippen molar-refractivity contribution in [3.8, 4) is 0 Å². The van der Waals surface area contributed by atoms with Gasteiger partial charge in [-0.3, -0.25) is 9.59 Å². The second kappa shape index (κ2) is 8.45. The van der Waals surface area contributed by atoms with E-state index in [1.54, 1.807) is 13.8 Å². The Bertz CT molecular complexity index is 824. The molecule has 0 radical (unpaired) electrons. The first-order chi connectivity index (χ1) is 13.0. The summed E-state index contributed by atoms with van der Waals surface area (Å²) in [5.41, 5.74) is 1.05. The zero-order valence-corrected chi connectivity index (χ0v) is 15.7. The van der Waals surface area contributed by atoms with Crippen LogP contribution in [0.1, 0.15) is 47.4 Å². The SMILES string of the molecule is Cc1noc(C)c1C(C)CC(=O)N(CC(=O)O)Cc1ccc(C(F)(F)F)cc1. The van der Waals surface area contributed by atoms with E-state index >= 15 is 0 Å². The average Bonchev–Trinajstić information content (AvgIpc) is 2.92. The van der Waals surface area contributed by atoms with Crippen molar-refractivity contribution in [1.29, 1.82) is 0 Å². The Kier molecular flexibility index (Phi) is 6.48. The summed E-state index contributed by atoms with van der Waals surface area (Å²) in [6.07, 6.45) is -4.43. The van der Waals surface area contributed by atoms with Crippen molar-refractivity contribution in [2.75, 3.05) is 6.54 Å². The topological polar surface area (TPSA) is 83.6 Å². The summed E-state index contributed by atoms with van der Waals surface area (Å²) in [6.45, 7) is 4.64. The highest BCUT2D eigenvalue weighted by molar-refractivity contribution is 5.82. The van der Waals surface area contributed by atoms with Gasteiger partial charge in [0.25, 0.3) is 0 Å². The van der Waals surface area contributed by atoms with E-state index in [1.807, 2.05) is 6.92 Å². The van der Waals surface area contributed by atoms with E-state index in [1.165, 1.54) is 12.1 Å². The lowest BCUT2D eigenvalue weighted by Crippen LogP contribution is -2.35. The van der Waals surface area contributed by atoms with E-state index in [-0.39, 0.29) is 18.9 Å². The molecule has 0 saturated carbocycles. The van der Waals surface area contributed by atoms with Gasteiger partial charge in [-0.1, -0.05) is 24.2 Å². The first kappa shape index (κ1) is 21.5. The van der Waals surface area contributed by atoms with E-state index in [0.717, 1.165) is 22.6 Å². The largest absolute Gasteiger partial charge is 0.480 e. The molecule has 6 nitrogen and oxygen atoms in total. The van der Waals surface area contributed by atoms with E-state index in [4.69, 9.17) is 9.63 Å². The van der Waals surface area contributed by atoms with Gasteiger partial charge in [0, 0.05) is 18.5 Å². The number of nitrogens with zero attached hydrogens (tertiary/aromatic N) is 2. The number of amides is 1. The van der Waals surface area contributed by atoms with Gasteiger partial charge in [0.2, 0.25) is 5.91 Å². The predicted octanol–water partition coefficient (Wildman–Crippen LogP) is 3.92. The van der Waals surface area contributed by atoms with Gasteiger partial charge >= 0.3 is 12.1 Å². The number of rotatable bonds is 7. The van der Waals surface area contributed by atoms with Crippen molar-refractivity contribution in [2.24, 2.45) is 0 Å². The van der Waals surface area contributed by atoms with E-state index in [2.05, 4.69) is 5.16 Å². The van der Waals surface area contributed by atoms with Crippen LogP contribution in [-0.2, 0) is 22.3 Å². The molecular formula is C19H21F3N2O4. The minimum Gasteiger partial charge on any atom is -0.480 e. The number of carboxylic acid groups (broad SMARTS) is 1. The molecule has 1 N–H and O–H groups in total. The second-order valence-electron chi connectivity index (χ2n) is 6.68. The monoisotopic (exact) mass is 398 g/mol. The summed E-state index contributed by atoms with van der Waals surface area (Å²) in [7, 11) is 0. The lowest BCUT2D eigenvalue weighted by Gasteiger charge is -2.23. The van der Waals surface area contributed by atoms with Gasteiger partial charge in [-0.2, -0.15) is 13.2 Å². The number of carboxylic acids is 1. The lowest BCUT2D eigenvalue weighted by atomic mass is 9.95. The average molecular weight is 398 g/mol. The first-order valence-corrected chi connectivity index (χ1v) is 8.57. The Morgan fingerprint density at radius 2 is 1.82 bits per heavy atom. The van der Waals surface area contributed by atoms with Crippen molar-refractivity contribution >= 4 is 11.9 Å². The highest BCUT2D eigenvalue weighted by Gasteiger charge is 2.30. The van der Waals surface area contributed by atoms with Gasteiger partial charge in [0.05, 0.1) is 11.3 Å². The Balaban J connectivity index is 2.14. The fourth-order valence-electron chi connectivity index (χ4n) is 3.10. The molecule has 28 heavy (non-hydrogen) atoms. The smallest absolute Gasteiger partial charge is 0.416 e. The molecule has 0 bridgehead atoms. The zero-order chi connectivity index (χ0) is 21.1. The van der Waals surface area contributed by atoms with Crippen molar-refractivity contribution in [2.45, 2.75) is 45.8 Å². The summed E-state index contributed by atoms with van der Waals surface area (Å²) >= 11 is 0. The molecular weight excluding hydrogens is 377 g/mol. The van der Waals surface area contributed by atoms with Crippen LogP contribution >= 0.6 is 0 Å². The number of halogens is 3. The molecule has 0 aliphatic carbocycles. The maximum Gasteiger partial charge on any atom is 0.416 e. The van der Waals surface area contributed by atoms with Crippen LogP contribution < -0.4 is 0 Å². The first-order valence-electron chi connectivity index (χ1n) is 8.57. The molecule has 9 heteroatoms. The molecule has 0 saturated heterocycles. The standard InChI is InChI=1S/C19H21F3N2O4/c1-11(18-12(2)23-28-13(18)3)8-16(25)24(10-17(26)27)9-14-4-6-15(7-5-14)19(20,21)22/h4-7,11H,8-10H2,1-3H3,(H,26,27). The third-order valence-electron chi connectivity index (χ3n) is 4.40. The third-order valence-corrected chi connectivity index (χ3v) is 4.40. The van der Waals surface area contributed by atoms with Crippen LogP contribution in [0.5, 0.6) is 0 Å². The Labute approximate surface area is 159 Å². The molecule has 2 rings (SSSR count). The van der Waals surface area contributed by atoms with Crippen LogP contribution in [0.3, 0.4) is 0 Å². The summed E-state index contributed by atoms with van der Waals surface area (Å²) in [4.78, 5) is 24.9. The van der Waals surface area contributed by atoms with Gasteiger partial charge in [-0.15, -0.1) is 0 Å². The normalized spacial score (nSPS) is 12.6. The maximum absolute atomic E-state index is 12.7. The molecule has 2 aromatic rings. The molecule has 0 aliphatic rings. The van der Waals surface area contributed by atoms with Crippen molar-refractivity contribution < 1.29 is 32.4 Å². The Morgan fingerprint density at radius 1 is 1.21 bits per heavy atom. The highest BCUT2D eigenvalue weighted by atomic mass is 19.4. The molecule has 0 spiro atoms. The molecule has 0 aliphatic heterocycles. The highest BCUT2D eigenvalue weighted by Crippen LogP contribution is 2.30. The molecule has 1 aromatic heterocycles. The third kappa shape index (κ3) is 5.34. The molecule has 0 fully saturated rings. The van der Waals surface area contributed by atoms with Crippen molar-refractivity contribution in [3.05, 3.63) is 52.4 Å². The molecule has 1 aromatic carbocycles. The van der Waals surface area contributed by atoms with Gasteiger partial charge < -0.3 is 14.5 Å². The number of aromatic nitrogens is 1. The number of carbonyl (C=O) groups is 2. The zero-order valence-electron chi connectivity index (χ0n) is 15.7. The summed E-state index contributed by atoms with van der Waals surface area (Å²) < 4.78 is 43.1. The predicted molar refractivity (Wildman–Crippen MR) is 93.5 cm³/mol. The number of aryl methyl sites for hydroxylation is 2. The molecule has 152 valence electrons. The lowest BCUT2D eigenvalue weighted by molar-refractivity contribution is -0.145. The summed E-state index contributed by atoms with van der Waals surface area (Å²) in [5.74, 6) is -1.28. The van der Waals surface area contributed by atoms with Crippen LogP contribution in [-0.4, -0.2) is 33.6 Å². The van der Waals surface area contributed by atoms with E-state index in [0.29, 0.717) is 17.0 Å². The van der Waals surface area contributed by atoms with Crippen molar-refractivity contribution in [1.82, 2.24) is 10.1 Å². The number of hydrogen-bond donors (Lipinski definition) is 1. The Morgan fingerprint density at radius 3 is 2.29 bits per heavy atom. The molecule has 1 heterocycles. The van der Waals surface area contributed by atoms with Crippen LogP contribution in [0.4, 0.5) is 13.2 Å². The van der Waals surface area contributed by atoms with Crippen LogP contribution in [0.25, 0.3) is 0 Å². The van der Waals surface area contributed by atoms with E-state index in [9.17, 15) is 22.8 Å². The van der Waals surface area contributed by atoms with E-state index < -0.39 is 30.2 Å². The quantitative estimate of drug-likeness (QED) is 0.764. The van der Waals surface area contributed by atoms with Crippen molar-refractivity contribution in [3.63, 3.8) is 0 Å². The van der Waals surface area contributed by atoms with Crippen LogP contribution in [0, 0.1) is 13.8 Å². The Hall–Kier alpha value is -2.84. The molecule has 1 amide bonds. The number of benzene rings is 1. The van der Waals surface area contributed by atoms with Gasteiger partial charge in [0.15, 0.2) is 0 Å². The summed E-state index contributed by atoms with van der Waals surface area (Å²) in [6, 6.07) is 4.29.